The van der Waals surface area contributed by atoms with Gasteiger partial charge in [-0.3, -0.25) is 15.0 Å². The number of aryl methyl sites for hydroxylation is 1. The van der Waals surface area contributed by atoms with Crippen molar-refractivity contribution in [2.45, 2.75) is 13.3 Å². The third kappa shape index (κ3) is 6.12. The Bertz CT molecular complexity index is 1330. The number of carbonyl (C=O) groups is 2. The van der Waals surface area contributed by atoms with Crippen LogP contribution in [0, 0.1) is 12.3 Å². The molecule has 0 radical (unpaired) electrons. The summed E-state index contributed by atoms with van der Waals surface area (Å²) in [6.45, 7) is 4.95. The molecule has 3 aliphatic heterocycles. The van der Waals surface area contributed by atoms with Crippen LogP contribution in [0.5, 0.6) is 11.5 Å². The Morgan fingerprint density at radius 2 is 1.84 bits per heavy atom. The average Bonchev–Trinajstić information content (AvgIpc) is 3.32. The molecule has 0 aromatic heterocycles. The Balaban J connectivity index is 1.17. The molecule has 3 aliphatic rings. The highest BCUT2D eigenvalue weighted by atomic mass is 32.2. The number of amidine groups is 2. The van der Waals surface area contributed by atoms with Gasteiger partial charge in [0.15, 0.2) is 5.84 Å². The molecule has 0 bridgehead atoms. The largest absolute Gasteiger partial charge is 0.490 e. The third-order valence-electron chi connectivity index (χ3n) is 5.96. The Hall–Kier alpha value is -3.96. The minimum atomic E-state index is -0.515. The van der Waals surface area contributed by atoms with Gasteiger partial charge >= 0.3 is 0 Å². The summed E-state index contributed by atoms with van der Waals surface area (Å²) in [6, 6.07) is 15.0. The molecule has 1 saturated heterocycles. The van der Waals surface area contributed by atoms with Crippen LogP contribution in [0.2, 0.25) is 0 Å². The van der Waals surface area contributed by atoms with Crippen molar-refractivity contribution in [3.8, 4) is 11.5 Å². The number of thioether (sulfide) groups is 1. The lowest BCUT2D eigenvalue weighted by Crippen LogP contribution is -2.41. The normalized spacial score (nSPS) is 18.3. The zero-order chi connectivity index (χ0) is 26.5. The Kier molecular flexibility index (Phi) is 7.85. The van der Waals surface area contributed by atoms with E-state index in [2.05, 4.69) is 10.1 Å². The molecule has 38 heavy (non-hydrogen) atoms. The number of fused-ring (bicyclic) bond motifs is 1. The number of benzene rings is 2. The number of ether oxygens (including phenoxy) is 3. The van der Waals surface area contributed by atoms with Crippen LogP contribution in [0.15, 0.2) is 64.2 Å². The molecular weight excluding hydrogens is 506 g/mol. The number of rotatable bonds is 8. The molecular formula is C27H27N5O5S. The maximum atomic E-state index is 12.7. The fourth-order valence-corrected chi connectivity index (χ4v) is 4.88. The van der Waals surface area contributed by atoms with Gasteiger partial charge in [0.25, 0.3) is 5.91 Å². The van der Waals surface area contributed by atoms with Crippen molar-refractivity contribution in [3.63, 3.8) is 0 Å². The molecule has 0 unspecified atom stereocenters. The molecule has 0 saturated carbocycles. The summed E-state index contributed by atoms with van der Waals surface area (Å²) in [7, 11) is 0. The van der Waals surface area contributed by atoms with Gasteiger partial charge in [-0.15, -0.1) is 0 Å². The fourth-order valence-electron chi connectivity index (χ4n) is 4.01. The van der Waals surface area contributed by atoms with Crippen molar-refractivity contribution in [1.29, 1.82) is 5.41 Å². The predicted molar refractivity (Wildman–Crippen MR) is 146 cm³/mol. The van der Waals surface area contributed by atoms with Gasteiger partial charge in [0.2, 0.25) is 11.1 Å². The lowest BCUT2D eigenvalue weighted by molar-refractivity contribution is -0.133. The lowest BCUT2D eigenvalue weighted by Gasteiger charge is -2.26. The molecule has 11 heteroatoms. The fraction of sp³-hybridized carbons (Fsp3) is 0.296. The zero-order valence-electron chi connectivity index (χ0n) is 20.9. The van der Waals surface area contributed by atoms with E-state index in [1.165, 1.54) is 5.01 Å². The summed E-state index contributed by atoms with van der Waals surface area (Å²) in [5.41, 5.74) is 1.98. The first-order chi connectivity index (χ1) is 18.5. The Morgan fingerprint density at radius 3 is 2.58 bits per heavy atom. The number of hydrogen-bond acceptors (Lipinski definition) is 8. The van der Waals surface area contributed by atoms with Crippen LogP contribution in [0.3, 0.4) is 0 Å². The molecule has 2 amide bonds. The SMILES string of the molecule is Cc1cccc(OCCOc2ccc(C=C3C(=N)N4N=C(CC(=O)N5CCOCC5)SC4=NC3=O)cc2)c1. The molecule has 10 nitrogen and oxygen atoms in total. The van der Waals surface area contributed by atoms with Crippen molar-refractivity contribution in [1.82, 2.24) is 9.91 Å². The number of morpholine rings is 1. The molecule has 3 heterocycles. The van der Waals surface area contributed by atoms with Gasteiger partial charge in [0.05, 0.1) is 25.2 Å². The molecule has 196 valence electrons. The second-order valence-electron chi connectivity index (χ2n) is 8.77. The van der Waals surface area contributed by atoms with Crippen molar-refractivity contribution >= 4 is 45.7 Å². The standard InChI is InChI=1S/C27H27N5O5S/c1-18-3-2-4-21(15-18)37-14-13-36-20-7-5-19(6-8-20)16-22-25(28)32-27(29-26(22)34)38-23(30-32)17-24(33)31-9-11-35-12-10-31/h2-8,15-16,28H,9-14,17H2,1H3. The van der Waals surface area contributed by atoms with E-state index in [1.807, 2.05) is 31.2 Å². The number of amides is 2. The molecule has 5 rings (SSSR count). The van der Waals surface area contributed by atoms with E-state index < -0.39 is 5.91 Å². The van der Waals surface area contributed by atoms with Crippen molar-refractivity contribution in [3.05, 3.63) is 65.2 Å². The molecule has 2 aromatic carbocycles. The van der Waals surface area contributed by atoms with E-state index >= 15 is 0 Å². The summed E-state index contributed by atoms with van der Waals surface area (Å²) >= 11 is 1.14. The maximum absolute atomic E-state index is 12.7. The first-order valence-corrected chi connectivity index (χ1v) is 13.0. The van der Waals surface area contributed by atoms with E-state index in [1.54, 1.807) is 35.2 Å². The maximum Gasteiger partial charge on any atom is 0.283 e. The van der Waals surface area contributed by atoms with Crippen LogP contribution in [-0.4, -0.2) is 77.3 Å². The van der Waals surface area contributed by atoms with Crippen LogP contribution in [0.25, 0.3) is 6.08 Å². The van der Waals surface area contributed by atoms with Gasteiger partial charge in [-0.1, -0.05) is 24.3 Å². The van der Waals surface area contributed by atoms with Crippen molar-refractivity contribution in [2.75, 3.05) is 39.5 Å². The van der Waals surface area contributed by atoms with Crippen LogP contribution >= 0.6 is 11.8 Å². The number of aliphatic imine (C=N–C) groups is 1. The second-order valence-corrected chi connectivity index (χ2v) is 9.81. The van der Waals surface area contributed by atoms with Gasteiger partial charge in [0, 0.05) is 13.1 Å². The van der Waals surface area contributed by atoms with Gasteiger partial charge in [-0.2, -0.15) is 15.1 Å². The smallest absolute Gasteiger partial charge is 0.283 e. The molecule has 1 N–H and O–H groups in total. The Labute approximate surface area is 224 Å². The highest BCUT2D eigenvalue weighted by Gasteiger charge is 2.36. The number of nitrogens with one attached hydrogen (secondary N) is 1. The number of nitrogens with zero attached hydrogens (tertiary/aromatic N) is 4. The van der Waals surface area contributed by atoms with E-state index in [0.29, 0.717) is 55.5 Å². The zero-order valence-corrected chi connectivity index (χ0v) is 21.7. The van der Waals surface area contributed by atoms with E-state index in [9.17, 15) is 9.59 Å². The summed E-state index contributed by atoms with van der Waals surface area (Å²) in [4.78, 5) is 31.1. The number of carbonyl (C=O) groups excluding carboxylic acids is 2. The summed E-state index contributed by atoms with van der Waals surface area (Å²) < 4.78 is 16.7. The molecule has 1 fully saturated rings. The molecule has 0 atom stereocenters. The number of hydrazone groups is 1. The topological polar surface area (TPSA) is 117 Å². The highest BCUT2D eigenvalue weighted by Crippen LogP contribution is 2.30. The lowest BCUT2D eigenvalue weighted by atomic mass is 10.1. The van der Waals surface area contributed by atoms with Crippen molar-refractivity contribution < 1.29 is 23.8 Å². The summed E-state index contributed by atoms with van der Waals surface area (Å²) in [5, 5.41) is 15.0. The number of hydrogen-bond donors (Lipinski definition) is 1. The Morgan fingerprint density at radius 1 is 1.11 bits per heavy atom. The third-order valence-corrected chi connectivity index (χ3v) is 6.87. The molecule has 2 aromatic rings. The molecule has 0 spiro atoms. The summed E-state index contributed by atoms with van der Waals surface area (Å²) in [5.74, 6) is 0.823. The van der Waals surface area contributed by atoms with Crippen molar-refractivity contribution in [2.24, 2.45) is 10.1 Å². The first-order valence-electron chi connectivity index (χ1n) is 12.2. The van der Waals surface area contributed by atoms with Crippen LogP contribution in [-0.2, 0) is 14.3 Å². The molecule has 0 aliphatic carbocycles. The van der Waals surface area contributed by atoms with Gasteiger partial charge in [0.1, 0.15) is 29.8 Å². The first kappa shape index (κ1) is 25.7. The van der Waals surface area contributed by atoms with Gasteiger partial charge in [-0.25, -0.2) is 0 Å². The second kappa shape index (κ2) is 11.6. The minimum Gasteiger partial charge on any atom is -0.490 e. The van der Waals surface area contributed by atoms with Crippen LogP contribution in [0.1, 0.15) is 17.5 Å². The van der Waals surface area contributed by atoms with E-state index in [-0.39, 0.29) is 23.7 Å². The highest BCUT2D eigenvalue weighted by molar-refractivity contribution is 8.27. The average molecular weight is 534 g/mol. The summed E-state index contributed by atoms with van der Waals surface area (Å²) in [6.07, 6.45) is 1.70. The van der Waals surface area contributed by atoms with Gasteiger partial charge < -0.3 is 19.1 Å². The quantitative estimate of drug-likeness (QED) is 0.409. The van der Waals surface area contributed by atoms with E-state index in [0.717, 1.165) is 28.6 Å². The van der Waals surface area contributed by atoms with Crippen LogP contribution < -0.4 is 9.47 Å². The van der Waals surface area contributed by atoms with Crippen LogP contribution in [0.4, 0.5) is 0 Å². The monoisotopic (exact) mass is 533 g/mol. The van der Waals surface area contributed by atoms with Gasteiger partial charge in [-0.05, 0) is 60.2 Å². The minimum absolute atomic E-state index is 0.0577. The predicted octanol–water partition coefficient (Wildman–Crippen LogP) is 3.32. The van der Waals surface area contributed by atoms with E-state index in [4.69, 9.17) is 19.6 Å².